The number of fused-ring (bicyclic) bond motifs is 3. The molecule has 0 amide bonds. The molecule has 0 spiro atoms. The Hall–Kier alpha value is -4.74. The topological polar surface area (TPSA) is 36.7 Å². The number of rotatable bonds is 3. The minimum absolute atomic E-state index is 0.646. The summed E-state index contributed by atoms with van der Waals surface area (Å²) in [5.41, 5.74) is 8.03. The maximum Gasteiger partial charge on any atom is 0.0991 e. The van der Waals surface area contributed by atoms with Gasteiger partial charge in [-0.15, -0.1) is 0 Å². The van der Waals surface area contributed by atoms with Crippen molar-refractivity contribution in [2.75, 3.05) is 0 Å². The molecule has 0 unspecified atom stereocenters. The van der Waals surface area contributed by atoms with E-state index in [1.165, 1.54) is 16.5 Å². The van der Waals surface area contributed by atoms with Gasteiger partial charge in [0, 0.05) is 16.3 Å². The van der Waals surface area contributed by atoms with Gasteiger partial charge in [-0.1, -0.05) is 97.1 Å². The van der Waals surface area contributed by atoms with E-state index in [0.29, 0.717) is 5.56 Å². The van der Waals surface area contributed by atoms with E-state index in [9.17, 15) is 5.26 Å². The first kappa shape index (κ1) is 19.9. The predicted octanol–water partition coefficient (Wildman–Crippen LogP) is 8.26. The Morgan fingerprint density at radius 3 is 1.85 bits per heavy atom. The summed E-state index contributed by atoms with van der Waals surface area (Å²) in [6, 6.07) is 43.7. The molecule has 0 bridgehead atoms. The molecule has 6 aromatic rings. The number of nitrogens with zero attached hydrogens (tertiary/aromatic N) is 2. The van der Waals surface area contributed by atoms with Crippen LogP contribution >= 0.6 is 0 Å². The Balaban J connectivity index is 1.77. The minimum Gasteiger partial charge on any atom is -0.247 e. The Morgan fingerprint density at radius 2 is 1.12 bits per heavy atom. The van der Waals surface area contributed by atoms with Gasteiger partial charge >= 0.3 is 0 Å². The second kappa shape index (κ2) is 8.31. The highest BCUT2D eigenvalue weighted by Gasteiger charge is 2.15. The molecule has 1 heterocycles. The molecule has 0 saturated heterocycles. The lowest BCUT2D eigenvalue weighted by molar-refractivity contribution is 1.41. The number of hydrogen-bond donors (Lipinski definition) is 0. The van der Waals surface area contributed by atoms with E-state index >= 15 is 0 Å². The molecule has 1 aromatic heterocycles. The van der Waals surface area contributed by atoms with Crippen LogP contribution in [0.2, 0.25) is 0 Å². The molecule has 158 valence electrons. The van der Waals surface area contributed by atoms with Gasteiger partial charge in [-0.2, -0.15) is 5.26 Å². The summed E-state index contributed by atoms with van der Waals surface area (Å²) in [5.74, 6) is 0. The van der Waals surface area contributed by atoms with Crippen LogP contribution in [0.5, 0.6) is 0 Å². The normalized spacial score (nSPS) is 10.9. The van der Waals surface area contributed by atoms with E-state index in [1.807, 2.05) is 42.5 Å². The van der Waals surface area contributed by atoms with Crippen LogP contribution in [0, 0.1) is 11.3 Å². The third-order valence-corrected chi connectivity index (χ3v) is 6.28. The van der Waals surface area contributed by atoms with E-state index in [4.69, 9.17) is 4.98 Å². The van der Waals surface area contributed by atoms with Crippen molar-refractivity contribution in [3.05, 3.63) is 127 Å². The molecule has 0 fully saturated rings. The van der Waals surface area contributed by atoms with Crippen molar-refractivity contribution in [2.24, 2.45) is 0 Å². The lowest BCUT2D eigenvalue weighted by Crippen LogP contribution is -1.93. The molecule has 0 atom stereocenters. The van der Waals surface area contributed by atoms with Gasteiger partial charge in [0.15, 0.2) is 0 Å². The number of nitriles is 1. The lowest BCUT2D eigenvalue weighted by atomic mass is 9.91. The lowest BCUT2D eigenvalue weighted by Gasteiger charge is -2.16. The monoisotopic (exact) mass is 432 g/mol. The quantitative estimate of drug-likeness (QED) is 0.264. The molecule has 0 aliphatic heterocycles. The summed E-state index contributed by atoms with van der Waals surface area (Å²) in [6.07, 6.45) is 0. The van der Waals surface area contributed by atoms with Gasteiger partial charge in [0.05, 0.1) is 22.8 Å². The molecule has 2 nitrogen and oxygen atoms in total. The maximum absolute atomic E-state index is 9.53. The van der Waals surface area contributed by atoms with E-state index in [2.05, 4.69) is 84.9 Å². The zero-order valence-electron chi connectivity index (χ0n) is 18.4. The second-order valence-corrected chi connectivity index (χ2v) is 8.35. The molecular formula is C32H20N2. The number of hydrogen-bond acceptors (Lipinski definition) is 2. The van der Waals surface area contributed by atoms with Gasteiger partial charge in [-0.3, -0.25) is 0 Å². The summed E-state index contributed by atoms with van der Waals surface area (Å²) in [7, 11) is 0. The zero-order chi connectivity index (χ0) is 22.9. The summed E-state index contributed by atoms with van der Waals surface area (Å²) in [4.78, 5) is 5.17. The number of aromatic nitrogens is 1. The summed E-state index contributed by atoms with van der Waals surface area (Å²) < 4.78 is 0. The molecule has 0 saturated carbocycles. The molecule has 6 rings (SSSR count). The standard InChI is InChI=1S/C32H20N2/c33-21-22-10-9-15-25(18-22)29-20-31(24-13-5-2-6-14-24)34-32-27-17-8-7-16-26(27)28(19-30(29)32)23-11-3-1-4-12-23/h1-20H. The summed E-state index contributed by atoms with van der Waals surface area (Å²) >= 11 is 0. The van der Waals surface area contributed by atoms with Crippen LogP contribution in [0.15, 0.2) is 121 Å². The fraction of sp³-hybridized carbons (Fsp3) is 0. The van der Waals surface area contributed by atoms with E-state index < -0.39 is 0 Å². The van der Waals surface area contributed by atoms with Crippen molar-refractivity contribution in [2.45, 2.75) is 0 Å². The Bertz CT molecular complexity index is 1700. The van der Waals surface area contributed by atoms with Gasteiger partial charge in [0.1, 0.15) is 0 Å². The van der Waals surface area contributed by atoms with E-state index in [0.717, 1.165) is 38.7 Å². The van der Waals surface area contributed by atoms with Crippen LogP contribution in [-0.2, 0) is 0 Å². The van der Waals surface area contributed by atoms with Crippen LogP contribution < -0.4 is 0 Å². The van der Waals surface area contributed by atoms with Gasteiger partial charge in [-0.25, -0.2) is 4.98 Å². The van der Waals surface area contributed by atoms with Crippen molar-refractivity contribution >= 4 is 21.7 Å². The van der Waals surface area contributed by atoms with Crippen molar-refractivity contribution in [3.63, 3.8) is 0 Å². The fourth-order valence-corrected chi connectivity index (χ4v) is 4.66. The van der Waals surface area contributed by atoms with Crippen molar-refractivity contribution in [1.29, 1.82) is 5.26 Å². The van der Waals surface area contributed by atoms with Crippen LogP contribution in [0.1, 0.15) is 5.56 Å². The predicted molar refractivity (Wildman–Crippen MR) is 140 cm³/mol. The SMILES string of the molecule is N#Cc1cccc(-c2cc(-c3ccccc3)nc3c2cc(-c2ccccc2)c2ccccc23)c1. The van der Waals surface area contributed by atoms with Gasteiger partial charge in [0.2, 0.25) is 0 Å². The van der Waals surface area contributed by atoms with Crippen LogP contribution in [-0.4, -0.2) is 4.98 Å². The van der Waals surface area contributed by atoms with Gasteiger partial charge in [-0.05, 0) is 51.9 Å². The van der Waals surface area contributed by atoms with E-state index in [1.54, 1.807) is 0 Å². The largest absolute Gasteiger partial charge is 0.247 e. The maximum atomic E-state index is 9.53. The smallest absolute Gasteiger partial charge is 0.0991 e. The third kappa shape index (κ3) is 3.41. The molecule has 0 aliphatic carbocycles. The first-order chi connectivity index (χ1) is 16.8. The van der Waals surface area contributed by atoms with Crippen molar-refractivity contribution in [3.8, 4) is 39.6 Å². The third-order valence-electron chi connectivity index (χ3n) is 6.28. The molecule has 0 radical (unpaired) electrons. The van der Waals surface area contributed by atoms with Crippen molar-refractivity contribution < 1.29 is 0 Å². The second-order valence-electron chi connectivity index (χ2n) is 8.35. The highest BCUT2D eigenvalue weighted by Crippen LogP contribution is 2.40. The Morgan fingerprint density at radius 1 is 0.500 bits per heavy atom. The number of benzene rings is 5. The molecule has 0 aliphatic rings. The van der Waals surface area contributed by atoms with Crippen LogP contribution in [0.25, 0.3) is 55.2 Å². The summed E-state index contributed by atoms with van der Waals surface area (Å²) in [5, 5.41) is 12.9. The molecule has 0 N–H and O–H groups in total. The molecule has 2 heteroatoms. The fourth-order valence-electron chi connectivity index (χ4n) is 4.66. The minimum atomic E-state index is 0.646. The van der Waals surface area contributed by atoms with Crippen molar-refractivity contribution in [1.82, 2.24) is 4.98 Å². The Kier molecular flexibility index (Phi) is 4.87. The average Bonchev–Trinajstić information content (AvgIpc) is 2.93. The first-order valence-corrected chi connectivity index (χ1v) is 11.3. The van der Waals surface area contributed by atoms with Crippen LogP contribution in [0.4, 0.5) is 0 Å². The number of pyridine rings is 1. The van der Waals surface area contributed by atoms with Gasteiger partial charge < -0.3 is 0 Å². The summed E-state index contributed by atoms with van der Waals surface area (Å²) in [6.45, 7) is 0. The van der Waals surface area contributed by atoms with Gasteiger partial charge in [0.25, 0.3) is 0 Å². The molecular weight excluding hydrogens is 412 g/mol. The zero-order valence-corrected chi connectivity index (χ0v) is 18.4. The molecule has 5 aromatic carbocycles. The molecule has 34 heavy (non-hydrogen) atoms. The van der Waals surface area contributed by atoms with E-state index in [-0.39, 0.29) is 0 Å². The average molecular weight is 433 g/mol. The van der Waals surface area contributed by atoms with Crippen LogP contribution in [0.3, 0.4) is 0 Å². The first-order valence-electron chi connectivity index (χ1n) is 11.3. The Labute approximate surface area is 198 Å². The highest BCUT2D eigenvalue weighted by molar-refractivity contribution is 6.16. The highest BCUT2D eigenvalue weighted by atomic mass is 14.7.